The predicted molar refractivity (Wildman–Crippen MR) is 79.4 cm³/mol. The molecule has 0 amide bonds. The topological polar surface area (TPSA) is 26.3 Å². The molecule has 2 nitrogen and oxygen atoms in total. The van der Waals surface area contributed by atoms with E-state index < -0.39 is 0 Å². The molecule has 0 heterocycles. The third kappa shape index (κ3) is 4.52. The number of para-hydroxylation sites is 1. The zero-order chi connectivity index (χ0) is 13.5. The van der Waals surface area contributed by atoms with E-state index in [9.17, 15) is 4.79 Å². The first-order valence-corrected chi connectivity index (χ1v) is 6.98. The lowest BCUT2D eigenvalue weighted by Gasteiger charge is -2.06. The smallest absolute Gasteiger partial charge is 0.140 e. The van der Waals surface area contributed by atoms with Gasteiger partial charge in [0.1, 0.15) is 11.5 Å². The molecule has 0 aliphatic heterocycles. The van der Waals surface area contributed by atoms with Crippen LogP contribution in [0.5, 0.6) is 5.75 Å². The molecule has 0 aromatic heterocycles. The summed E-state index contributed by atoms with van der Waals surface area (Å²) in [7, 11) is 0. The van der Waals surface area contributed by atoms with E-state index in [0.717, 1.165) is 15.8 Å². The Morgan fingerprint density at radius 2 is 1.68 bits per heavy atom. The summed E-state index contributed by atoms with van der Waals surface area (Å²) in [4.78, 5) is 11.9. The summed E-state index contributed by atoms with van der Waals surface area (Å²) in [5.41, 5.74) is 1.02. The summed E-state index contributed by atoms with van der Waals surface area (Å²) in [6, 6.07) is 17.3. The van der Waals surface area contributed by atoms with Crippen molar-refractivity contribution < 1.29 is 9.53 Å². The van der Waals surface area contributed by atoms with Crippen LogP contribution in [0.4, 0.5) is 0 Å². The van der Waals surface area contributed by atoms with E-state index in [1.807, 2.05) is 54.6 Å². The van der Waals surface area contributed by atoms with E-state index in [-0.39, 0.29) is 5.78 Å². The molecule has 98 valence electrons. The maximum absolute atomic E-state index is 11.9. The second-order valence-corrected chi connectivity index (χ2v) is 5.07. The third-order valence-corrected chi connectivity index (χ3v) is 3.51. The van der Waals surface area contributed by atoms with Crippen molar-refractivity contribution in [2.75, 3.05) is 6.61 Å². The van der Waals surface area contributed by atoms with E-state index in [1.54, 1.807) is 0 Å². The summed E-state index contributed by atoms with van der Waals surface area (Å²) in [6.45, 7) is 0.424. The standard InChI is InChI=1S/C16H15BrO2/c17-16-9-5-4-6-13(16)12-14(18)10-11-19-15-7-2-1-3-8-15/h1-9H,10-12H2. The van der Waals surface area contributed by atoms with Crippen molar-refractivity contribution in [2.24, 2.45) is 0 Å². The molecule has 2 aromatic rings. The van der Waals surface area contributed by atoms with Gasteiger partial charge in [-0.3, -0.25) is 4.79 Å². The number of ketones is 1. The van der Waals surface area contributed by atoms with Gasteiger partial charge in [-0.2, -0.15) is 0 Å². The van der Waals surface area contributed by atoms with Crippen molar-refractivity contribution in [1.29, 1.82) is 0 Å². The monoisotopic (exact) mass is 318 g/mol. The minimum atomic E-state index is 0.183. The molecule has 0 saturated carbocycles. The van der Waals surface area contributed by atoms with Crippen LogP contribution in [0.25, 0.3) is 0 Å². The number of carbonyl (C=O) groups is 1. The van der Waals surface area contributed by atoms with E-state index in [2.05, 4.69) is 15.9 Å². The van der Waals surface area contributed by atoms with Gasteiger partial charge in [0.25, 0.3) is 0 Å². The minimum Gasteiger partial charge on any atom is -0.493 e. The molecule has 2 rings (SSSR count). The van der Waals surface area contributed by atoms with Crippen molar-refractivity contribution in [3.63, 3.8) is 0 Å². The van der Waals surface area contributed by atoms with Gasteiger partial charge in [0.2, 0.25) is 0 Å². The Hall–Kier alpha value is -1.61. The normalized spacial score (nSPS) is 10.2. The van der Waals surface area contributed by atoms with Gasteiger partial charge >= 0.3 is 0 Å². The van der Waals surface area contributed by atoms with E-state index in [0.29, 0.717) is 19.4 Å². The van der Waals surface area contributed by atoms with Crippen molar-refractivity contribution in [3.05, 3.63) is 64.6 Å². The van der Waals surface area contributed by atoms with Crippen LogP contribution in [0.1, 0.15) is 12.0 Å². The molecule has 0 radical (unpaired) electrons. The molecular weight excluding hydrogens is 304 g/mol. The molecule has 0 aliphatic carbocycles. The van der Waals surface area contributed by atoms with Crippen LogP contribution >= 0.6 is 15.9 Å². The van der Waals surface area contributed by atoms with Crippen LogP contribution in [0.2, 0.25) is 0 Å². The quantitative estimate of drug-likeness (QED) is 0.803. The Kier molecular flexibility index (Phi) is 5.16. The van der Waals surface area contributed by atoms with Crippen molar-refractivity contribution in [1.82, 2.24) is 0 Å². The Labute approximate surface area is 121 Å². The van der Waals surface area contributed by atoms with Crippen LogP contribution in [0.15, 0.2) is 59.1 Å². The minimum absolute atomic E-state index is 0.183. The van der Waals surface area contributed by atoms with Crippen LogP contribution < -0.4 is 4.74 Å². The maximum atomic E-state index is 11.9. The summed E-state index contributed by atoms with van der Waals surface area (Å²) < 4.78 is 6.49. The molecule has 0 N–H and O–H groups in total. The highest BCUT2D eigenvalue weighted by atomic mass is 79.9. The lowest BCUT2D eigenvalue weighted by atomic mass is 10.1. The van der Waals surface area contributed by atoms with Crippen molar-refractivity contribution in [2.45, 2.75) is 12.8 Å². The number of benzene rings is 2. The first-order chi connectivity index (χ1) is 9.25. The third-order valence-electron chi connectivity index (χ3n) is 2.74. The highest BCUT2D eigenvalue weighted by molar-refractivity contribution is 9.10. The van der Waals surface area contributed by atoms with Crippen LogP contribution in [-0.4, -0.2) is 12.4 Å². The van der Waals surface area contributed by atoms with Gasteiger partial charge < -0.3 is 4.74 Å². The lowest BCUT2D eigenvalue weighted by molar-refractivity contribution is -0.118. The van der Waals surface area contributed by atoms with Crippen molar-refractivity contribution in [3.8, 4) is 5.75 Å². The number of hydrogen-bond acceptors (Lipinski definition) is 2. The van der Waals surface area contributed by atoms with Gasteiger partial charge in [-0.15, -0.1) is 0 Å². The number of hydrogen-bond donors (Lipinski definition) is 0. The lowest BCUT2D eigenvalue weighted by Crippen LogP contribution is -2.09. The summed E-state index contributed by atoms with van der Waals surface area (Å²) in [6.07, 6.45) is 0.871. The number of carbonyl (C=O) groups excluding carboxylic acids is 1. The van der Waals surface area contributed by atoms with E-state index in [1.165, 1.54) is 0 Å². The van der Waals surface area contributed by atoms with Crippen molar-refractivity contribution >= 4 is 21.7 Å². The number of rotatable bonds is 6. The molecule has 0 bridgehead atoms. The summed E-state index contributed by atoms with van der Waals surface area (Å²) >= 11 is 3.45. The average molecular weight is 319 g/mol. The van der Waals surface area contributed by atoms with Gasteiger partial charge in [-0.1, -0.05) is 52.3 Å². The van der Waals surface area contributed by atoms with Crippen LogP contribution in [-0.2, 0) is 11.2 Å². The Morgan fingerprint density at radius 1 is 1.00 bits per heavy atom. The molecule has 0 atom stereocenters. The fourth-order valence-corrected chi connectivity index (χ4v) is 2.17. The first-order valence-electron chi connectivity index (χ1n) is 6.18. The van der Waals surface area contributed by atoms with Gasteiger partial charge in [-0.25, -0.2) is 0 Å². The fraction of sp³-hybridized carbons (Fsp3) is 0.188. The van der Waals surface area contributed by atoms with Gasteiger partial charge in [0, 0.05) is 17.3 Å². The zero-order valence-corrected chi connectivity index (χ0v) is 12.1. The SMILES string of the molecule is O=C(CCOc1ccccc1)Cc1ccccc1Br. The molecule has 3 heteroatoms. The summed E-state index contributed by atoms with van der Waals surface area (Å²) in [5.74, 6) is 0.985. The second-order valence-electron chi connectivity index (χ2n) is 4.22. The molecule has 2 aromatic carbocycles. The number of ether oxygens (including phenoxy) is 1. The van der Waals surface area contributed by atoms with E-state index in [4.69, 9.17) is 4.74 Å². The molecule has 0 spiro atoms. The largest absolute Gasteiger partial charge is 0.493 e. The highest BCUT2D eigenvalue weighted by Crippen LogP contribution is 2.17. The number of halogens is 1. The molecule has 0 aliphatic rings. The number of Topliss-reactive ketones (excluding diaryl/α,β-unsaturated/α-hetero) is 1. The molecular formula is C16H15BrO2. The van der Waals surface area contributed by atoms with Gasteiger partial charge in [0.05, 0.1) is 6.61 Å². The molecule has 0 unspecified atom stereocenters. The van der Waals surface area contributed by atoms with Crippen LogP contribution in [0, 0.1) is 0 Å². The fourth-order valence-electron chi connectivity index (χ4n) is 1.74. The summed E-state index contributed by atoms with van der Waals surface area (Å²) in [5, 5.41) is 0. The molecule has 0 fully saturated rings. The Morgan fingerprint density at radius 3 is 2.42 bits per heavy atom. The maximum Gasteiger partial charge on any atom is 0.140 e. The van der Waals surface area contributed by atoms with E-state index >= 15 is 0 Å². The zero-order valence-electron chi connectivity index (χ0n) is 10.5. The Bertz CT molecular complexity index is 537. The van der Waals surface area contributed by atoms with Gasteiger partial charge in [0.15, 0.2) is 0 Å². The molecule has 0 saturated heterocycles. The van der Waals surface area contributed by atoms with Crippen LogP contribution in [0.3, 0.4) is 0 Å². The first kappa shape index (κ1) is 13.8. The average Bonchev–Trinajstić information content (AvgIpc) is 2.43. The Balaban J connectivity index is 1.78. The van der Waals surface area contributed by atoms with Gasteiger partial charge in [-0.05, 0) is 23.8 Å². The predicted octanol–water partition coefficient (Wildman–Crippen LogP) is 4.03. The second kappa shape index (κ2) is 7.10. The highest BCUT2D eigenvalue weighted by Gasteiger charge is 2.06. The molecule has 19 heavy (non-hydrogen) atoms.